The summed E-state index contributed by atoms with van der Waals surface area (Å²) in [4.78, 5) is 71.7. The number of nitrogens with one attached hydrogen (secondary N) is 1. The molecule has 0 heterocycles. The molecule has 4 aliphatic rings. The predicted molar refractivity (Wildman–Crippen MR) is 143 cm³/mol. The first-order chi connectivity index (χ1) is 19.2. The quantitative estimate of drug-likeness (QED) is 0.267. The molecule has 0 aliphatic heterocycles. The highest BCUT2D eigenvalue weighted by atomic mass is 16.5. The first-order valence-corrected chi connectivity index (χ1v) is 14.6. The largest absolute Gasteiger partial charge is 0.481 e. The standard InChI is InChI=1S/C30H41NO10/c1-28-12-9-18(32)15-17(28)3-4-19-20(28)10-13-29(2)21(19)11-14-30(29,40)23(33)16-41-26(37)8-6-24(34)31-22(27(38)39)5-7-25(35)36/h15,19-22,40H,3-14,16H2,1-2H3,(H,31,34)(H,35,36)(H,38,39)/t19-,20+,21+,22+,28+,29+,30+/m1/s1. The summed E-state index contributed by atoms with van der Waals surface area (Å²) in [5.41, 5.74) is -1.05. The second kappa shape index (κ2) is 11.7. The number of aliphatic hydroxyl groups is 1. The minimum absolute atomic E-state index is 0.0224. The van der Waals surface area contributed by atoms with Gasteiger partial charge in [0, 0.05) is 24.7 Å². The van der Waals surface area contributed by atoms with Crippen LogP contribution in [-0.4, -0.2) is 69.0 Å². The smallest absolute Gasteiger partial charge is 0.326 e. The fraction of sp³-hybridized carbons (Fsp3) is 0.733. The van der Waals surface area contributed by atoms with Crippen molar-refractivity contribution in [1.29, 1.82) is 0 Å². The van der Waals surface area contributed by atoms with Gasteiger partial charge in [-0.15, -0.1) is 0 Å². The first-order valence-electron chi connectivity index (χ1n) is 14.6. The Morgan fingerprint density at radius 1 is 0.976 bits per heavy atom. The van der Waals surface area contributed by atoms with Gasteiger partial charge in [0.05, 0.1) is 6.42 Å². The average Bonchev–Trinajstić information content (AvgIpc) is 3.20. The van der Waals surface area contributed by atoms with Crippen molar-refractivity contribution in [2.24, 2.45) is 28.6 Å². The zero-order chi connectivity index (χ0) is 30.2. The first kappa shape index (κ1) is 30.9. The van der Waals surface area contributed by atoms with Crippen LogP contribution in [0.15, 0.2) is 11.6 Å². The Morgan fingerprint density at radius 3 is 2.37 bits per heavy atom. The van der Waals surface area contributed by atoms with Crippen LogP contribution in [0.3, 0.4) is 0 Å². The average molecular weight is 576 g/mol. The molecule has 3 fully saturated rings. The predicted octanol–water partition coefficient (Wildman–Crippen LogP) is 2.58. The molecule has 4 N–H and O–H groups in total. The monoisotopic (exact) mass is 575 g/mol. The van der Waals surface area contributed by atoms with Crippen molar-refractivity contribution in [3.05, 3.63) is 11.6 Å². The molecule has 4 rings (SSSR count). The summed E-state index contributed by atoms with van der Waals surface area (Å²) in [6.07, 6.45) is 6.04. The van der Waals surface area contributed by atoms with E-state index in [1.165, 1.54) is 5.57 Å². The summed E-state index contributed by atoms with van der Waals surface area (Å²) in [5, 5.41) is 31.8. The molecule has 41 heavy (non-hydrogen) atoms. The molecule has 0 radical (unpaired) electrons. The number of ether oxygens (including phenoxy) is 1. The Balaban J connectivity index is 1.31. The van der Waals surface area contributed by atoms with Crippen molar-refractivity contribution in [3.63, 3.8) is 0 Å². The summed E-state index contributed by atoms with van der Waals surface area (Å²) in [7, 11) is 0. The lowest BCUT2D eigenvalue weighted by Gasteiger charge is -2.58. The molecule has 11 heteroatoms. The van der Waals surface area contributed by atoms with Crippen LogP contribution < -0.4 is 5.32 Å². The lowest BCUT2D eigenvalue weighted by molar-refractivity contribution is -0.170. The van der Waals surface area contributed by atoms with Gasteiger partial charge in [-0.05, 0) is 80.6 Å². The summed E-state index contributed by atoms with van der Waals surface area (Å²) in [6, 6.07) is -1.40. The number of carboxylic acids is 2. The number of Topliss-reactive ketones (excluding diaryl/α,β-unsaturated/α-hetero) is 1. The number of carboxylic acid groups (broad SMARTS) is 2. The van der Waals surface area contributed by atoms with Crippen molar-refractivity contribution in [2.45, 2.75) is 103 Å². The SMILES string of the molecule is C[C@]12CCC(=O)C=C1CC[C@@H]1[C@@H]2CC[C@@]2(C)[C@H]1CC[C@]2(O)C(=O)COC(=O)CCC(=O)N[C@@H](CCC(=O)O)C(=O)O. The molecule has 11 nitrogen and oxygen atoms in total. The maximum Gasteiger partial charge on any atom is 0.326 e. The van der Waals surface area contributed by atoms with E-state index in [1.54, 1.807) is 0 Å². The third kappa shape index (κ3) is 5.82. The van der Waals surface area contributed by atoms with E-state index in [1.807, 2.05) is 13.0 Å². The topological polar surface area (TPSA) is 184 Å². The third-order valence-electron chi connectivity index (χ3n) is 10.8. The number of fused-ring (bicyclic) bond motifs is 5. The van der Waals surface area contributed by atoms with Crippen molar-refractivity contribution in [2.75, 3.05) is 6.61 Å². The third-order valence-corrected chi connectivity index (χ3v) is 10.8. The van der Waals surface area contributed by atoms with E-state index in [0.717, 1.165) is 25.7 Å². The summed E-state index contributed by atoms with van der Waals surface area (Å²) < 4.78 is 5.13. The molecule has 0 aromatic heterocycles. The van der Waals surface area contributed by atoms with E-state index in [4.69, 9.17) is 14.9 Å². The van der Waals surface area contributed by atoms with Gasteiger partial charge in [-0.25, -0.2) is 4.79 Å². The van der Waals surface area contributed by atoms with Crippen LogP contribution in [0.5, 0.6) is 0 Å². The zero-order valence-electron chi connectivity index (χ0n) is 23.8. The molecule has 0 unspecified atom stereocenters. The van der Waals surface area contributed by atoms with Crippen LogP contribution >= 0.6 is 0 Å². The second-order valence-electron chi connectivity index (χ2n) is 12.8. The van der Waals surface area contributed by atoms with E-state index in [2.05, 4.69) is 12.2 Å². The molecule has 7 atom stereocenters. The summed E-state index contributed by atoms with van der Waals surface area (Å²) in [5.74, 6) is -3.62. The van der Waals surface area contributed by atoms with Crippen molar-refractivity contribution in [3.8, 4) is 0 Å². The Hall–Kier alpha value is -3.08. The zero-order valence-corrected chi connectivity index (χ0v) is 23.8. The number of aliphatic carboxylic acids is 2. The van der Waals surface area contributed by atoms with E-state index < -0.39 is 72.5 Å². The molecule has 0 saturated heterocycles. The van der Waals surface area contributed by atoms with Crippen LogP contribution in [0.1, 0.15) is 90.9 Å². The number of carbonyl (C=O) groups is 6. The number of hydrogen-bond acceptors (Lipinski definition) is 8. The Kier molecular flexibility index (Phi) is 8.78. The lowest BCUT2D eigenvalue weighted by Crippen LogP contribution is -2.58. The van der Waals surface area contributed by atoms with Crippen molar-refractivity contribution < 1.29 is 48.8 Å². The van der Waals surface area contributed by atoms with Gasteiger partial charge in [0.15, 0.2) is 12.4 Å². The van der Waals surface area contributed by atoms with Crippen LogP contribution in [0.25, 0.3) is 0 Å². The van der Waals surface area contributed by atoms with Gasteiger partial charge < -0.3 is 25.4 Å². The molecule has 0 spiro atoms. The van der Waals surface area contributed by atoms with E-state index in [-0.39, 0.29) is 23.5 Å². The van der Waals surface area contributed by atoms with Gasteiger partial charge in [0.25, 0.3) is 0 Å². The van der Waals surface area contributed by atoms with Gasteiger partial charge >= 0.3 is 17.9 Å². The Morgan fingerprint density at radius 2 is 1.68 bits per heavy atom. The molecule has 0 aromatic carbocycles. The molecule has 0 bridgehead atoms. The number of esters is 1. The van der Waals surface area contributed by atoms with Gasteiger partial charge in [-0.3, -0.25) is 24.0 Å². The van der Waals surface area contributed by atoms with Crippen LogP contribution in [0, 0.1) is 28.6 Å². The van der Waals surface area contributed by atoms with Gasteiger partial charge in [0.2, 0.25) is 11.7 Å². The number of carbonyl (C=O) groups excluding carboxylic acids is 4. The minimum atomic E-state index is -1.63. The fourth-order valence-corrected chi connectivity index (χ4v) is 8.38. The van der Waals surface area contributed by atoms with E-state index in [9.17, 15) is 33.9 Å². The highest BCUT2D eigenvalue weighted by Gasteiger charge is 2.66. The van der Waals surface area contributed by atoms with Gasteiger partial charge in [-0.1, -0.05) is 19.4 Å². The lowest BCUT2D eigenvalue weighted by atomic mass is 9.46. The number of allylic oxidation sites excluding steroid dienone is 1. The highest BCUT2D eigenvalue weighted by Crippen LogP contribution is 2.67. The fourth-order valence-electron chi connectivity index (χ4n) is 8.38. The molecule has 0 aromatic rings. The van der Waals surface area contributed by atoms with Crippen LogP contribution in [0.4, 0.5) is 0 Å². The molecule has 226 valence electrons. The number of amides is 1. The maximum atomic E-state index is 13.3. The molecule has 3 saturated carbocycles. The van der Waals surface area contributed by atoms with E-state index >= 15 is 0 Å². The Bertz CT molecular complexity index is 1160. The minimum Gasteiger partial charge on any atom is -0.481 e. The number of hydrogen-bond donors (Lipinski definition) is 4. The van der Waals surface area contributed by atoms with E-state index in [0.29, 0.717) is 37.5 Å². The second-order valence-corrected chi connectivity index (χ2v) is 12.8. The van der Waals surface area contributed by atoms with Crippen molar-refractivity contribution >= 4 is 35.4 Å². The molecular formula is C30H41NO10. The number of ketones is 2. The molecule has 4 aliphatic carbocycles. The molecular weight excluding hydrogens is 534 g/mol. The van der Waals surface area contributed by atoms with Crippen LogP contribution in [-0.2, 0) is 33.5 Å². The van der Waals surface area contributed by atoms with Gasteiger partial charge in [0.1, 0.15) is 11.6 Å². The summed E-state index contributed by atoms with van der Waals surface area (Å²) >= 11 is 0. The van der Waals surface area contributed by atoms with Gasteiger partial charge in [-0.2, -0.15) is 0 Å². The Labute approximate surface area is 239 Å². The summed E-state index contributed by atoms with van der Waals surface area (Å²) in [6.45, 7) is 3.64. The van der Waals surface area contributed by atoms with Crippen molar-refractivity contribution in [1.82, 2.24) is 5.32 Å². The molecule has 1 amide bonds. The maximum absolute atomic E-state index is 13.3. The number of rotatable bonds is 11. The normalized spacial score (nSPS) is 34.8. The highest BCUT2D eigenvalue weighted by molar-refractivity contribution is 5.92. The van der Waals surface area contributed by atoms with Crippen LogP contribution in [0.2, 0.25) is 0 Å².